The summed E-state index contributed by atoms with van der Waals surface area (Å²) in [6.07, 6.45) is 8.50. The SMILES string of the molecule is Cc1cc(C)c(C)c(-c2ccc3ccccc3[n+]2C)c1.Cc1ccccc1-c1n(-c2c(C(C)C)cccc2C(C)C)cc[n+]1C.Cc1ccccc1-c1n(C)cc[n+]1C.[2H]C([2H])([2H])c1cc(C)cc(-c2ccc3ccccc3[n+]2C)c1C.[2H]C([2H])([2H])c1ccc(-c2ccc3ccccc3[n+]2C)c(C)c1. The fraction of sp³-hybridized carbons (Fsp3) is 0.242. The highest BCUT2D eigenvalue weighted by Crippen LogP contribution is 2.35. The maximum Gasteiger partial charge on any atom is 0.294 e. The Morgan fingerprint density at radius 1 is 0.337 bits per heavy atom. The Hall–Kier alpha value is -10.4. The van der Waals surface area contributed by atoms with Crippen molar-refractivity contribution in [2.45, 2.75) is 109 Å². The molecule has 0 radical (unpaired) electrons. The molecule has 98 heavy (non-hydrogen) atoms. The molecule has 5 heterocycles. The van der Waals surface area contributed by atoms with E-state index in [2.05, 4.69) is 317 Å². The Kier molecular flexibility index (Phi) is 19.6. The van der Waals surface area contributed by atoms with E-state index in [1.165, 1.54) is 100 Å². The van der Waals surface area contributed by atoms with Crippen molar-refractivity contribution in [3.05, 3.63) is 310 Å². The van der Waals surface area contributed by atoms with Crippen molar-refractivity contribution in [2.24, 2.45) is 42.3 Å². The van der Waals surface area contributed by atoms with Gasteiger partial charge in [0.05, 0.1) is 32.3 Å². The molecule has 7 nitrogen and oxygen atoms in total. The van der Waals surface area contributed by atoms with Crippen molar-refractivity contribution >= 4 is 32.7 Å². The van der Waals surface area contributed by atoms with E-state index in [1.54, 1.807) is 18.2 Å². The fourth-order valence-corrected chi connectivity index (χ4v) is 13.6. The van der Waals surface area contributed by atoms with Crippen LogP contribution in [0.3, 0.4) is 0 Å². The van der Waals surface area contributed by atoms with Gasteiger partial charge in [-0.1, -0.05) is 160 Å². The molecule has 7 heteroatoms. The number of hydrogen-bond donors (Lipinski definition) is 0. The number of fused-ring (bicyclic) bond motifs is 3. The Morgan fingerprint density at radius 3 is 1.18 bits per heavy atom. The predicted octanol–water partition coefficient (Wildman–Crippen LogP) is 19.8. The van der Waals surface area contributed by atoms with E-state index in [0.29, 0.717) is 23.0 Å². The van der Waals surface area contributed by atoms with Crippen molar-refractivity contribution < 1.29 is 31.1 Å². The molecule has 0 aliphatic carbocycles. The molecular weight excluding hydrogens is 1190 g/mol. The minimum atomic E-state index is -2.10. The van der Waals surface area contributed by atoms with Gasteiger partial charge in [-0.15, -0.1) is 0 Å². The molecule has 0 aliphatic heterocycles. The number of aryl methyl sites for hydroxylation is 14. The molecule has 0 fully saturated rings. The number of benzene rings is 9. The van der Waals surface area contributed by atoms with Crippen LogP contribution in [0.4, 0.5) is 0 Å². The second kappa shape index (κ2) is 30.8. The molecule has 0 saturated carbocycles. The second-order valence-electron chi connectivity index (χ2n) is 26.9. The van der Waals surface area contributed by atoms with Crippen LogP contribution in [0.25, 0.3) is 94.9 Å². The summed E-state index contributed by atoms with van der Waals surface area (Å²) in [7, 11) is 12.5. The first-order valence-corrected chi connectivity index (χ1v) is 34.1. The number of nitrogens with zero attached hydrogens (tertiary/aromatic N) is 7. The summed E-state index contributed by atoms with van der Waals surface area (Å²) in [6.45, 7) is 21.6. The lowest BCUT2D eigenvalue weighted by Crippen LogP contribution is -2.32. The van der Waals surface area contributed by atoms with Crippen molar-refractivity contribution in [3.63, 3.8) is 0 Å². The molecule has 0 amide bonds. The zero-order chi connectivity index (χ0) is 75.2. The number of aromatic nitrogens is 7. The maximum atomic E-state index is 7.78. The van der Waals surface area contributed by atoms with E-state index in [4.69, 9.17) is 8.22 Å². The standard InChI is InChI=1S/C23H29N2.2C19H20N.C18H18N.C12H15N2/c1-16(2)19-12-9-13-20(17(3)4)22(19)25-15-14-24(6)23(25)21-11-8-7-10-18(21)5;2*1-13-11-14(2)15(3)17(12-13)19-10-9-16-7-5-6-8-18(16)20(19)4;1-13-8-10-16(14(2)12-13)18-11-9-15-6-4-5-7-17(15)19(18)3;1-10-6-4-5-7-11(10)12-13(2)8-9-14(12)3/h7-17H,1-6H3;2*5-12H,1-4H3;4-12H,1-3H3;4-9H,1-3H3/q5*+1/i;2D3;;1D3;. The molecule has 9 aromatic carbocycles. The Balaban J connectivity index is 0.000000141. The van der Waals surface area contributed by atoms with Gasteiger partial charge in [-0.3, -0.25) is 0 Å². The summed E-state index contributed by atoms with van der Waals surface area (Å²) < 4.78 is 61.4. The zero-order valence-electron chi connectivity index (χ0n) is 66.9. The Morgan fingerprint density at radius 2 is 0.745 bits per heavy atom. The van der Waals surface area contributed by atoms with Crippen LogP contribution < -0.4 is 22.8 Å². The second-order valence-corrected chi connectivity index (χ2v) is 26.9. The molecule has 0 spiro atoms. The lowest BCUT2D eigenvalue weighted by molar-refractivity contribution is -0.659. The average Bonchev–Trinajstić information content (AvgIpc) is 1.50. The largest absolute Gasteiger partial charge is 0.294 e. The molecule has 0 atom stereocenters. The van der Waals surface area contributed by atoms with Gasteiger partial charge >= 0.3 is 0 Å². The quantitative estimate of drug-likeness (QED) is 0.136. The van der Waals surface area contributed by atoms with E-state index < -0.39 is 13.7 Å². The van der Waals surface area contributed by atoms with Gasteiger partial charge in [0.1, 0.15) is 51.6 Å². The van der Waals surface area contributed by atoms with Gasteiger partial charge in [0, 0.05) is 88.6 Å². The summed E-state index contributed by atoms with van der Waals surface area (Å²) in [5.74, 6) is 3.42. The van der Waals surface area contributed by atoms with Crippen LogP contribution in [0.2, 0.25) is 0 Å². The molecule has 0 unspecified atom stereocenters. The minimum Gasteiger partial charge on any atom is -0.233 e. The van der Waals surface area contributed by atoms with Crippen LogP contribution in [0.5, 0.6) is 0 Å². The molecule has 14 aromatic rings. The third-order valence-electron chi connectivity index (χ3n) is 19.2. The normalized spacial score (nSPS) is 12.2. The van der Waals surface area contributed by atoms with E-state index in [0.717, 1.165) is 50.2 Å². The van der Waals surface area contributed by atoms with E-state index in [9.17, 15) is 0 Å². The zero-order valence-corrected chi connectivity index (χ0v) is 60.9. The van der Waals surface area contributed by atoms with Crippen LogP contribution in [-0.4, -0.2) is 9.13 Å². The van der Waals surface area contributed by atoms with Crippen molar-refractivity contribution in [1.82, 2.24) is 9.13 Å². The first-order chi connectivity index (χ1) is 49.4. The van der Waals surface area contributed by atoms with Crippen molar-refractivity contribution in [1.29, 1.82) is 0 Å². The monoisotopic (exact) mass is 1300 g/mol. The van der Waals surface area contributed by atoms with Crippen LogP contribution in [0.1, 0.15) is 115 Å². The molecular formula is C91H102N7+5. The Bertz CT molecular complexity index is 5390. The van der Waals surface area contributed by atoms with Gasteiger partial charge < -0.3 is 0 Å². The summed E-state index contributed by atoms with van der Waals surface area (Å²) in [6, 6.07) is 75.3. The highest BCUT2D eigenvalue weighted by atomic mass is 15.1. The van der Waals surface area contributed by atoms with Crippen molar-refractivity contribution in [2.75, 3.05) is 0 Å². The molecule has 496 valence electrons. The smallest absolute Gasteiger partial charge is 0.233 e. The number of pyridine rings is 3. The highest BCUT2D eigenvalue weighted by molar-refractivity contribution is 5.80. The topological polar surface area (TPSA) is 29.3 Å². The van der Waals surface area contributed by atoms with Gasteiger partial charge in [0.15, 0.2) is 0 Å². The fourth-order valence-electron chi connectivity index (χ4n) is 13.6. The number of hydrogen-bond acceptors (Lipinski definition) is 0. The van der Waals surface area contributed by atoms with Crippen LogP contribution in [0.15, 0.2) is 243 Å². The van der Waals surface area contributed by atoms with Crippen LogP contribution in [-0.2, 0) is 42.3 Å². The van der Waals surface area contributed by atoms with Crippen molar-refractivity contribution in [3.8, 4) is 62.2 Å². The van der Waals surface area contributed by atoms with Gasteiger partial charge in [-0.2, -0.15) is 18.3 Å². The number of rotatable bonds is 8. The van der Waals surface area contributed by atoms with Gasteiger partial charge in [0.25, 0.3) is 11.6 Å². The number of imidazole rings is 2. The average molecular weight is 1300 g/mol. The van der Waals surface area contributed by atoms with E-state index >= 15 is 0 Å². The first-order valence-electron chi connectivity index (χ1n) is 37.1. The first kappa shape index (κ1) is 62.4. The summed E-state index contributed by atoms with van der Waals surface area (Å²) in [5, 5.41) is 3.63. The van der Waals surface area contributed by atoms with E-state index in [-0.39, 0.29) is 0 Å². The molecule has 0 aliphatic rings. The van der Waals surface area contributed by atoms with E-state index in [1.807, 2.05) is 65.2 Å². The van der Waals surface area contributed by atoms with Gasteiger partial charge in [-0.25, -0.2) is 13.7 Å². The molecule has 0 N–H and O–H groups in total. The lowest BCUT2D eigenvalue weighted by Gasteiger charge is -2.18. The van der Waals surface area contributed by atoms with Gasteiger partial charge in [0.2, 0.25) is 33.6 Å². The minimum absolute atomic E-state index is 0.386. The van der Waals surface area contributed by atoms with Crippen LogP contribution in [0, 0.1) is 69.1 Å². The highest BCUT2D eigenvalue weighted by Gasteiger charge is 2.27. The summed E-state index contributed by atoms with van der Waals surface area (Å²) in [5.41, 5.74) is 27.2. The summed E-state index contributed by atoms with van der Waals surface area (Å²) >= 11 is 0. The molecule has 14 rings (SSSR count). The van der Waals surface area contributed by atoms with Gasteiger partial charge in [-0.05, 0) is 187 Å². The Labute approximate surface area is 593 Å². The summed E-state index contributed by atoms with van der Waals surface area (Å²) in [4.78, 5) is 0. The van der Waals surface area contributed by atoms with Crippen LogP contribution >= 0.6 is 0 Å². The lowest BCUT2D eigenvalue weighted by atomic mass is 9.92. The number of para-hydroxylation sites is 4. The predicted molar refractivity (Wildman–Crippen MR) is 412 cm³/mol. The molecule has 0 saturated heterocycles. The third kappa shape index (κ3) is 15.2. The molecule has 0 bridgehead atoms. The molecule has 5 aromatic heterocycles. The maximum absolute atomic E-state index is 7.78. The third-order valence-corrected chi connectivity index (χ3v) is 19.2.